The Morgan fingerprint density at radius 2 is 1.59 bits per heavy atom. The third-order valence-electron chi connectivity index (χ3n) is 3.78. The molecule has 0 unspecified atom stereocenters. The predicted molar refractivity (Wildman–Crippen MR) is 70.0 cm³/mol. The molecule has 0 aromatic heterocycles. The molecule has 17 heavy (non-hydrogen) atoms. The lowest BCUT2D eigenvalue weighted by atomic mass is 9.76. The zero-order valence-electron chi connectivity index (χ0n) is 11.0. The molecule has 0 amide bonds. The highest BCUT2D eigenvalue weighted by atomic mass is 16.7. The molecular weight excluding hydrogens is 213 g/mol. The van der Waals surface area contributed by atoms with Crippen LogP contribution in [0.5, 0.6) is 0 Å². The van der Waals surface area contributed by atoms with E-state index in [9.17, 15) is 0 Å². The average Bonchev–Trinajstić information content (AvgIpc) is 2.48. The minimum atomic E-state index is -0.320. The molecule has 1 saturated heterocycles. The van der Waals surface area contributed by atoms with Crippen molar-refractivity contribution in [3.63, 3.8) is 0 Å². The number of rotatable bonds is 2. The highest BCUT2D eigenvalue weighted by Crippen LogP contribution is 2.36. The van der Waals surface area contributed by atoms with Crippen LogP contribution < -0.4 is 11.2 Å². The summed E-state index contributed by atoms with van der Waals surface area (Å²) in [7, 11) is -0.320. The van der Waals surface area contributed by atoms with Crippen LogP contribution in [0.25, 0.3) is 0 Å². The van der Waals surface area contributed by atoms with Gasteiger partial charge in [-0.25, -0.2) is 0 Å². The average molecular weight is 233 g/mol. The zero-order chi connectivity index (χ0) is 12.7. The lowest BCUT2D eigenvalue weighted by Gasteiger charge is -2.32. The standard InChI is InChI=1S/C13H20BNO2/c1-12(2)13(3,4)17-14(16-12)11-8-6-5-7-10(11)9-15/h5-8H,9,15H2,1-4H3. The molecule has 1 fully saturated rings. The van der Waals surface area contributed by atoms with E-state index < -0.39 is 0 Å². The van der Waals surface area contributed by atoms with Crippen LogP contribution >= 0.6 is 0 Å². The zero-order valence-corrected chi connectivity index (χ0v) is 11.0. The van der Waals surface area contributed by atoms with Crippen LogP contribution in [-0.4, -0.2) is 18.3 Å². The summed E-state index contributed by atoms with van der Waals surface area (Å²) in [5, 5.41) is 0. The molecule has 92 valence electrons. The summed E-state index contributed by atoms with van der Waals surface area (Å²) in [6.07, 6.45) is 0. The van der Waals surface area contributed by atoms with Crippen LogP contribution in [0.3, 0.4) is 0 Å². The van der Waals surface area contributed by atoms with E-state index in [2.05, 4.69) is 27.7 Å². The van der Waals surface area contributed by atoms with Gasteiger partial charge in [-0.05, 0) is 38.7 Å². The smallest absolute Gasteiger partial charge is 0.399 e. The van der Waals surface area contributed by atoms with Gasteiger partial charge in [0, 0.05) is 6.54 Å². The fourth-order valence-electron chi connectivity index (χ4n) is 1.92. The first-order valence-corrected chi connectivity index (χ1v) is 6.01. The molecule has 2 N–H and O–H groups in total. The van der Waals surface area contributed by atoms with Crippen molar-refractivity contribution in [2.24, 2.45) is 5.73 Å². The van der Waals surface area contributed by atoms with E-state index in [4.69, 9.17) is 15.0 Å². The first-order valence-electron chi connectivity index (χ1n) is 6.01. The molecular formula is C13H20BNO2. The molecule has 3 nitrogen and oxygen atoms in total. The van der Waals surface area contributed by atoms with E-state index in [0.717, 1.165) is 11.0 Å². The Labute approximate surface area is 103 Å². The summed E-state index contributed by atoms with van der Waals surface area (Å²) < 4.78 is 12.0. The third kappa shape index (κ3) is 2.13. The van der Waals surface area contributed by atoms with Gasteiger partial charge in [0.15, 0.2) is 0 Å². The quantitative estimate of drug-likeness (QED) is 0.786. The lowest BCUT2D eigenvalue weighted by Crippen LogP contribution is -2.41. The maximum atomic E-state index is 6.01. The Morgan fingerprint density at radius 1 is 1.06 bits per heavy atom. The first-order chi connectivity index (χ1) is 7.87. The third-order valence-corrected chi connectivity index (χ3v) is 3.78. The van der Waals surface area contributed by atoms with Gasteiger partial charge in [0.1, 0.15) is 0 Å². The van der Waals surface area contributed by atoms with E-state index in [1.54, 1.807) is 0 Å². The van der Waals surface area contributed by atoms with Crippen LogP contribution in [0, 0.1) is 0 Å². The van der Waals surface area contributed by atoms with Crippen molar-refractivity contribution in [2.75, 3.05) is 0 Å². The van der Waals surface area contributed by atoms with Crippen LogP contribution in [0.2, 0.25) is 0 Å². The van der Waals surface area contributed by atoms with Crippen molar-refractivity contribution in [1.82, 2.24) is 0 Å². The maximum absolute atomic E-state index is 6.01. The molecule has 1 aliphatic heterocycles. The molecule has 0 atom stereocenters. The summed E-state index contributed by atoms with van der Waals surface area (Å²) in [6, 6.07) is 8.00. The van der Waals surface area contributed by atoms with E-state index >= 15 is 0 Å². The number of nitrogens with two attached hydrogens (primary N) is 1. The van der Waals surface area contributed by atoms with Gasteiger partial charge in [0.05, 0.1) is 11.2 Å². The highest BCUT2D eigenvalue weighted by molar-refractivity contribution is 6.62. The minimum Gasteiger partial charge on any atom is -0.399 e. The number of hydrogen-bond acceptors (Lipinski definition) is 3. The highest BCUT2D eigenvalue weighted by Gasteiger charge is 2.52. The van der Waals surface area contributed by atoms with Gasteiger partial charge in [-0.1, -0.05) is 24.3 Å². The summed E-state index contributed by atoms with van der Waals surface area (Å²) in [5.74, 6) is 0. The van der Waals surface area contributed by atoms with Crippen LogP contribution in [-0.2, 0) is 15.9 Å². The second-order valence-corrected chi connectivity index (χ2v) is 5.49. The van der Waals surface area contributed by atoms with Crippen molar-refractivity contribution >= 4 is 12.6 Å². The molecule has 0 bridgehead atoms. The fraction of sp³-hybridized carbons (Fsp3) is 0.538. The van der Waals surface area contributed by atoms with E-state index in [1.807, 2.05) is 24.3 Å². The molecule has 1 aliphatic rings. The summed E-state index contributed by atoms with van der Waals surface area (Å²) in [4.78, 5) is 0. The summed E-state index contributed by atoms with van der Waals surface area (Å²) in [5.41, 5.74) is 7.24. The fourth-order valence-corrected chi connectivity index (χ4v) is 1.92. The van der Waals surface area contributed by atoms with Crippen LogP contribution in [0.15, 0.2) is 24.3 Å². The second kappa shape index (κ2) is 4.12. The predicted octanol–water partition coefficient (Wildman–Crippen LogP) is 1.44. The van der Waals surface area contributed by atoms with Gasteiger partial charge in [-0.3, -0.25) is 0 Å². The van der Waals surface area contributed by atoms with Crippen molar-refractivity contribution in [3.05, 3.63) is 29.8 Å². The molecule has 0 radical (unpaired) electrons. The molecule has 1 aromatic rings. The Bertz CT molecular complexity index is 402. The summed E-state index contributed by atoms with van der Waals surface area (Å²) in [6.45, 7) is 8.71. The molecule has 1 aromatic carbocycles. The Morgan fingerprint density at radius 3 is 2.12 bits per heavy atom. The molecule has 0 saturated carbocycles. The second-order valence-electron chi connectivity index (χ2n) is 5.49. The van der Waals surface area contributed by atoms with Crippen LogP contribution in [0.4, 0.5) is 0 Å². The monoisotopic (exact) mass is 233 g/mol. The lowest BCUT2D eigenvalue weighted by molar-refractivity contribution is 0.00578. The minimum absolute atomic E-state index is 0.306. The van der Waals surface area contributed by atoms with Crippen LogP contribution in [0.1, 0.15) is 33.3 Å². The Hall–Kier alpha value is -0.835. The van der Waals surface area contributed by atoms with Crippen molar-refractivity contribution in [3.8, 4) is 0 Å². The topological polar surface area (TPSA) is 44.5 Å². The molecule has 2 rings (SSSR count). The van der Waals surface area contributed by atoms with Crippen molar-refractivity contribution < 1.29 is 9.31 Å². The van der Waals surface area contributed by atoms with Gasteiger partial charge in [0.2, 0.25) is 0 Å². The molecule has 0 aliphatic carbocycles. The van der Waals surface area contributed by atoms with Gasteiger partial charge in [-0.2, -0.15) is 0 Å². The molecule has 4 heteroatoms. The Balaban J connectivity index is 2.32. The van der Waals surface area contributed by atoms with E-state index in [-0.39, 0.29) is 18.3 Å². The van der Waals surface area contributed by atoms with Gasteiger partial charge in [-0.15, -0.1) is 0 Å². The maximum Gasteiger partial charge on any atom is 0.495 e. The van der Waals surface area contributed by atoms with Crippen molar-refractivity contribution in [2.45, 2.75) is 45.4 Å². The summed E-state index contributed by atoms with van der Waals surface area (Å²) >= 11 is 0. The van der Waals surface area contributed by atoms with Gasteiger partial charge >= 0.3 is 7.12 Å². The SMILES string of the molecule is CC1(C)OB(c2ccccc2CN)OC1(C)C. The van der Waals surface area contributed by atoms with Gasteiger partial charge in [0.25, 0.3) is 0 Å². The largest absolute Gasteiger partial charge is 0.495 e. The van der Waals surface area contributed by atoms with E-state index in [0.29, 0.717) is 6.54 Å². The normalized spacial score (nSPS) is 21.8. The molecule has 1 heterocycles. The van der Waals surface area contributed by atoms with Gasteiger partial charge < -0.3 is 15.0 Å². The first kappa shape index (κ1) is 12.6. The number of hydrogen-bond donors (Lipinski definition) is 1. The number of benzene rings is 1. The van der Waals surface area contributed by atoms with E-state index in [1.165, 1.54) is 0 Å². The Kier molecular flexibility index (Phi) is 3.06. The molecule has 0 spiro atoms. The van der Waals surface area contributed by atoms with Crippen molar-refractivity contribution in [1.29, 1.82) is 0 Å².